The van der Waals surface area contributed by atoms with Crippen molar-refractivity contribution in [1.29, 1.82) is 0 Å². The van der Waals surface area contributed by atoms with Gasteiger partial charge in [0.25, 0.3) is 0 Å². The lowest BCUT2D eigenvalue weighted by Crippen LogP contribution is -2.35. The van der Waals surface area contributed by atoms with Crippen molar-refractivity contribution in [2.45, 2.75) is 6.10 Å². The summed E-state index contributed by atoms with van der Waals surface area (Å²) in [5.41, 5.74) is 0.591. The molecule has 4 nitrogen and oxygen atoms in total. The molecule has 0 saturated carbocycles. The highest BCUT2D eigenvalue weighted by Gasteiger charge is 2.24. The average Bonchev–Trinajstić information content (AvgIpc) is 2.39. The van der Waals surface area contributed by atoms with Crippen LogP contribution >= 0.6 is 15.9 Å². The van der Waals surface area contributed by atoms with Gasteiger partial charge in [0, 0.05) is 5.56 Å². The second-order valence-corrected chi connectivity index (χ2v) is 4.50. The van der Waals surface area contributed by atoms with Gasteiger partial charge in [0.2, 0.25) is 0 Å². The zero-order valence-corrected chi connectivity index (χ0v) is 11.0. The number of rotatable bonds is 3. The first-order valence-corrected chi connectivity index (χ1v) is 6.09. The Balaban J connectivity index is 2.16. The van der Waals surface area contributed by atoms with Crippen molar-refractivity contribution >= 4 is 21.7 Å². The maximum Gasteiger partial charge on any atom is 0.193 e. The normalized spacial score (nSPS) is 20.0. The summed E-state index contributed by atoms with van der Waals surface area (Å²) in [6.45, 7) is 1.34. The Morgan fingerprint density at radius 3 is 2.88 bits per heavy atom. The van der Waals surface area contributed by atoms with E-state index < -0.39 is 6.10 Å². The van der Waals surface area contributed by atoms with Gasteiger partial charge in [-0.2, -0.15) is 0 Å². The molecule has 92 valence electrons. The molecular formula is C12H13BrO4. The van der Waals surface area contributed by atoms with Crippen LogP contribution in [0.4, 0.5) is 0 Å². The van der Waals surface area contributed by atoms with Crippen LogP contribution < -0.4 is 4.74 Å². The average molecular weight is 301 g/mol. The second kappa shape index (κ2) is 5.62. The summed E-state index contributed by atoms with van der Waals surface area (Å²) in [5, 5.41) is 0. The molecule has 1 aliphatic rings. The minimum absolute atomic E-state index is 0.0620. The van der Waals surface area contributed by atoms with E-state index in [1.54, 1.807) is 25.3 Å². The first-order valence-electron chi connectivity index (χ1n) is 5.29. The van der Waals surface area contributed by atoms with Crippen molar-refractivity contribution < 1.29 is 19.0 Å². The molecule has 0 aliphatic carbocycles. The summed E-state index contributed by atoms with van der Waals surface area (Å²) in [6, 6.07) is 5.21. The van der Waals surface area contributed by atoms with Crippen LogP contribution in [0.15, 0.2) is 22.7 Å². The number of hydrogen-bond acceptors (Lipinski definition) is 4. The number of Topliss-reactive ketones (excluding diaryl/α,β-unsaturated/α-hetero) is 1. The van der Waals surface area contributed by atoms with Crippen LogP contribution in [0.1, 0.15) is 10.4 Å². The predicted octanol–water partition coefficient (Wildman–Crippen LogP) is 2.06. The molecule has 1 unspecified atom stereocenters. The monoisotopic (exact) mass is 300 g/mol. The molecule has 17 heavy (non-hydrogen) atoms. The molecule has 0 aromatic heterocycles. The number of methoxy groups -OCH3 is 1. The molecule has 0 radical (unpaired) electrons. The largest absolute Gasteiger partial charge is 0.496 e. The van der Waals surface area contributed by atoms with Crippen molar-refractivity contribution in [3.8, 4) is 5.75 Å². The van der Waals surface area contributed by atoms with Crippen molar-refractivity contribution in [2.24, 2.45) is 0 Å². The number of hydrogen-bond donors (Lipinski definition) is 0. The lowest BCUT2D eigenvalue weighted by atomic mass is 10.1. The molecule has 0 amide bonds. The van der Waals surface area contributed by atoms with Gasteiger partial charge in [0.15, 0.2) is 5.78 Å². The van der Waals surface area contributed by atoms with Crippen molar-refractivity contribution in [2.75, 3.05) is 26.9 Å². The fourth-order valence-corrected chi connectivity index (χ4v) is 2.19. The minimum Gasteiger partial charge on any atom is -0.496 e. The molecule has 1 heterocycles. The number of carbonyl (C=O) groups excluding carboxylic acids is 1. The molecule has 1 aromatic carbocycles. The van der Waals surface area contributed by atoms with Gasteiger partial charge in [-0.05, 0) is 34.1 Å². The quantitative estimate of drug-likeness (QED) is 0.802. The summed E-state index contributed by atoms with van der Waals surface area (Å²) in [5.74, 6) is 0.635. The summed E-state index contributed by atoms with van der Waals surface area (Å²) < 4.78 is 16.5. The van der Waals surface area contributed by atoms with Crippen LogP contribution in [0.25, 0.3) is 0 Å². The summed E-state index contributed by atoms with van der Waals surface area (Å²) in [7, 11) is 1.58. The first-order chi connectivity index (χ1) is 8.22. The zero-order valence-electron chi connectivity index (χ0n) is 9.44. The molecule has 0 bridgehead atoms. The smallest absolute Gasteiger partial charge is 0.193 e. The molecule has 2 rings (SSSR count). The van der Waals surface area contributed by atoms with E-state index in [1.165, 1.54) is 0 Å². The van der Waals surface area contributed by atoms with E-state index in [0.717, 1.165) is 4.47 Å². The third-order valence-electron chi connectivity index (χ3n) is 2.54. The van der Waals surface area contributed by atoms with Crippen LogP contribution in [0.2, 0.25) is 0 Å². The number of ketones is 1. The highest BCUT2D eigenvalue weighted by atomic mass is 79.9. The van der Waals surface area contributed by atoms with Gasteiger partial charge in [-0.25, -0.2) is 0 Å². The Kier molecular flexibility index (Phi) is 4.15. The van der Waals surface area contributed by atoms with Crippen LogP contribution in [-0.4, -0.2) is 38.8 Å². The maximum atomic E-state index is 12.1. The van der Waals surface area contributed by atoms with Crippen LogP contribution in [0.3, 0.4) is 0 Å². The summed E-state index contributed by atoms with van der Waals surface area (Å²) in [6.07, 6.45) is -0.496. The van der Waals surface area contributed by atoms with Gasteiger partial charge in [-0.3, -0.25) is 4.79 Å². The molecule has 1 saturated heterocycles. The van der Waals surface area contributed by atoms with Crippen LogP contribution in [0, 0.1) is 0 Å². The third-order valence-corrected chi connectivity index (χ3v) is 3.16. The Hall–Kier alpha value is -0.910. The highest BCUT2D eigenvalue weighted by molar-refractivity contribution is 9.10. The minimum atomic E-state index is -0.496. The van der Waals surface area contributed by atoms with Crippen molar-refractivity contribution in [3.05, 3.63) is 28.2 Å². The standard InChI is InChI=1S/C12H13BrO4/c1-15-10-3-2-8(6-9(10)13)12(14)11-7-16-4-5-17-11/h2-3,6,11H,4-5,7H2,1H3. The molecule has 0 N–H and O–H groups in total. The molecule has 1 aromatic rings. The fraction of sp³-hybridized carbons (Fsp3) is 0.417. The molecule has 0 spiro atoms. The van der Waals surface area contributed by atoms with E-state index in [9.17, 15) is 4.79 Å². The SMILES string of the molecule is COc1ccc(C(=O)C2COCCO2)cc1Br. The Morgan fingerprint density at radius 1 is 1.47 bits per heavy atom. The molecule has 5 heteroatoms. The van der Waals surface area contributed by atoms with Crippen molar-refractivity contribution in [3.63, 3.8) is 0 Å². The number of ether oxygens (including phenoxy) is 3. The third kappa shape index (κ3) is 2.86. The van der Waals surface area contributed by atoms with Crippen molar-refractivity contribution in [1.82, 2.24) is 0 Å². The summed E-state index contributed by atoms with van der Waals surface area (Å²) >= 11 is 3.35. The maximum absolute atomic E-state index is 12.1. The van der Waals surface area contributed by atoms with Gasteiger partial charge in [0.05, 0.1) is 31.4 Å². The predicted molar refractivity (Wildman–Crippen MR) is 65.6 cm³/mol. The molecule has 1 fully saturated rings. The van der Waals surface area contributed by atoms with Gasteiger partial charge >= 0.3 is 0 Å². The fourth-order valence-electron chi connectivity index (χ4n) is 1.64. The topological polar surface area (TPSA) is 44.8 Å². The van der Waals surface area contributed by atoms with Gasteiger partial charge in [0.1, 0.15) is 11.9 Å². The molecular weight excluding hydrogens is 288 g/mol. The van der Waals surface area contributed by atoms with E-state index in [2.05, 4.69) is 15.9 Å². The van der Waals surface area contributed by atoms with E-state index in [4.69, 9.17) is 14.2 Å². The van der Waals surface area contributed by atoms with Crippen LogP contribution in [0.5, 0.6) is 5.75 Å². The van der Waals surface area contributed by atoms with Gasteiger partial charge in [-0.15, -0.1) is 0 Å². The Labute approximate surface area is 108 Å². The number of benzene rings is 1. The molecule has 1 aliphatic heterocycles. The molecule has 1 atom stereocenters. The first kappa shape index (κ1) is 12.5. The van der Waals surface area contributed by atoms with Gasteiger partial charge < -0.3 is 14.2 Å². The van der Waals surface area contributed by atoms with E-state index >= 15 is 0 Å². The lowest BCUT2D eigenvalue weighted by Gasteiger charge is -2.21. The Bertz CT molecular complexity index is 413. The number of carbonyl (C=O) groups is 1. The van der Waals surface area contributed by atoms with Gasteiger partial charge in [-0.1, -0.05) is 0 Å². The Morgan fingerprint density at radius 2 is 2.29 bits per heavy atom. The highest BCUT2D eigenvalue weighted by Crippen LogP contribution is 2.26. The van der Waals surface area contributed by atoms with E-state index in [1.807, 2.05) is 0 Å². The summed E-state index contributed by atoms with van der Waals surface area (Å²) in [4.78, 5) is 12.1. The van der Waals surface area contributed by atoms with Crippen LogP contribution in [-0.2, 0) is 9.47 Å². The number of halogens is 1. The zero-order chi connectivity index (χ0) is 12.3. The van der Waals surface area contributed by atoms with E-state index in [0.29, 0.717) is 31.1 Å². The van der Waals surface area contributed by atoms with E-state index in [-0.39, 0.29) is 5.78 Å². The lowest BCUT2D eigenvalue weighted by molar-refractivity contribution is -0.0719. The second-order valence-electron chi connectivity index (χ2n) is 3.65.